The van der Waals surface area contributed by atoms with Crippen LogP contribution in [0, 0.1) is 0 Å². The molecule has 1 aliphatic rings. The predicted octanol–water partition coefficient (Wildman–Crippen LogP) is 3.56. The standard InChI is InChI=1S/C22H26N2O2/c1-2-26-21-12-6-11-20(18-21)22(25)24-16-14-23(15-17-24)13-7-10-19-8-4-3-5-9-19/h3-12,18H,2,13-17H2,1H3. The van der Waals surface area contributed by atoms with E-state index >= 15 is 0 Å². The molecular formula is C22H26N2O2. The number of carbonyl (C=O) groups is 1. The van der Waals surface area contributed by atoms with Crippen LogP contribution in [-0.2, 0) is 0 Å². The van der Waals surface area contributed by atoms with E-state index in [9.17, 15) is 4.79 Å². The number of amides is 1. The van der Waals surface area contributed by atoms with Gasteiger partial charge in [-0.3, -0.25) is 9.69 Å². The largest absolute Gasteiger partial charge is 0.494 e. The zero-order chi connectivity index (χ0) is 18.2. The second-order valence-electron chi connectivity index (χ2n) is 6.37. The Morgan fingerprint density at radius 3 is 2.54 bits per heavy atom. The molecule has 0 N–H and O–H groups in total. The molecule has 0 aromatic heterocycles. The molecule has 4 heteroatoms. The summed E-state index contributed by atoms with van der Waals surface area (Å²) in [5.74, 6) is 0.842. The first-order chi connectivity index (χ1) is 12.8. The summed E-state index contributed by atoms with van der Waals surface area (Å²) in [4.78, 5) is 17.0. The molecule has 0 aliphatic carbocycles. The molecular weight excluding hydrogens is 324 g/mol. The smallest absolute Gasteiger partial charge is 0.254 e. The molecule has 1 fully saturated rings. The second-order valence-corrected chi connectivity index (χ2v) is 6.37. The molecule has 1 heterocycles. The van der Waals surface area contributed by atoms with Crippen LogP contribution in [0.2, 0.25) is 0 Å². The van der Waals surface area contributed by atoms with Gasteiger partial charge >= 0.3 is 0 Å². The number of piperazine rings is 1. The molecule has 1 saturated heterocycles. The van der Waals surface area contributed by atoms with E-state index in [0.717, 1.165) is 38.5 Å². The second kappa shape index (κ2) is 9.20. The maximum atomic E-state index is 12.7. The lowest BCUT2D eigenvalue weighted by atomic mass is 10.1. The van der Waals surface area contributed by atoms with Crippen molar-refractivity contribution in [3.05, 3.63) is 71.8 Å². The molecule has 4 nitrogen and oxygen atoms in total. The van der Waals surface area contributed by atoms with Crippen LogP contribution in [0.1, 0.15) is 22.8 Å². The minimum atomic E-state index is 0.0889. The predicted molar refractivity (Wildman–Crippen MR) is 105 cm³/mol. The molecule has 0 atom stereocenters. The van der Waals surface area contributed by atoms with Gasteiger partial charge in [-0.25, -0.2) is 0 Å². The van der Waals surface area contributed by atoms with Crippen molar-refractivity contribution in [3.63, 3.8) is 0 Å². The van der Waals surface area contributed by atoms with E-state index in [2.05, 4.69) is 29.2 Å². The van der Waals surface area contributed by atoms with Crippen molar-refractivity contribution >= 4 is 12.0 Å². The Labute approximate surface area is 155 Å². The summed E-state index contributed by atoms with van der Waals surface area (Å²) in [5.41, 5.74) is 1.92. The molecule has 0 bridgehead atoms. The molecule has 2 aromatic carbocycles. The molecule has 3 rings (SSSR count). The number of hydrogen-bond acceptors (Lipinski definition) is 3. The Balaban J connectivity index is 1.49. The fourth-order valence-corrected chi connectivity index (χ4v) is 3.10. The SMILES string of the molecule is CCOc1cccc(C(=O)N2CCN(CC=Cc3ccccc3)CC2)c1. The summed E-state index contributed by atoms with van der Waals surface area (Å²) in [5, 5.41) is 0. The number of nitrogens with zero attached hydrogens (tertiary/aromatic N) is 2. The highest BCUT2D eigenvalue weighted by Gasteiger charge is 2.21. The molecule has 0 radical (unpaired) electrons. The quantitative estimate of drug-likeness (QED) is 0.799. The normalized spacial score (nSPS) is 15.3. The average Bonchev–Trinajstić information content (AvgIpc) is 2.69. The van der Waals surface area contributed by atoms with Gasteiger partial charge in [-0.15, -0.1) is 0 Å². The van der Waals surface area contributed by atoms with Crippen LogP contribution < -0.4 is 4.74 Å². The Morgan fingerprint density at radius 1 is 1.04 bits per heavy atom. The van der Waals surface area contributed by atoms with Crippen molar-refractivity contribution in [3.8, 4) is 5.75 Å². The zero-order valence-corrected chi connectivity index (χ0v) is 15.3. The molecule has 0 saturated carbocycles. The van der Waals surface area contributed by atoms with Crippen LogP contribution in [0.25, 0.3) is 6.08 Å². The van der Waals surface area contributed by atoms with Gasteiger partial charge in [-0.05, 0) is 30.7 Å². The maximum absolute atomic E-state index is 12.7. The van der Waals surface area contributed by atoms with E-state index in [1.807, 2.05) is 54.3 Å². The first kappa shape index (κ1) is 18.2. The highest BCUT2D eigenvalue weighted by atomic mass is 16.5. The fraction of sp³-hybridized carbons (Fsp3) is 0.318. The third kappa shape index (κ3) is 4.96. The van der Waals surface area contributed by atoms with E-state index in [-0.39, 0.29) is 5.91 Å². The van der Waals surface area contributed by atoms with Gasteiger partial charge in [0.1, 0.15) is 5.75 Å². The summed E-state index contributed by atoms with van der Waals surface area (Å²) in [6.45, 7) is 6.78. The van der Waals surface area contributed by atoms with Crippen LogP contribution in [0.3, 0.4) is 0 Å². The number of hydrogen-bond donors (Lipinski definition) is 0. The Morgan fingerprint density at radius 2 is 1.81 bits per heavy atom. The van der Waals surface area contributed by atoms with Crippen LogP contribution in [0.15, 0.2) is 60.7 Å². The van der Waals surface area contributed by atoms with Crippen molar-refractivity contribution < 1.29 is 9.53 Å². The van der Waals surface area contributed by atoms with Crippen LogP contribution in [0.5, 0.6) is 5.75 Å². The first-order valence-corrected chi connectivity index (χ1v) is 9.22. The Bertz CT molecular complexity index is 735. The van der Waals surface area contributed by atoms with Gasteiger partial charge in [0.2, 0.25) is 0 Å². The topological polar surface area (TPSA) is 32.8 Å². The molecule has 1 amide bonds. The lowest BCUT2D eigenvalue weighted by molar-refractivity contribution is 0.0650. The summed E-state index contributed by atoms with van der Waals surface area (Å²) in [6.07, 6.45) is 4.34. The van der Waals surface area contributed by atoms with Crippen LogP contribution in [0.4, 0.5) is 0 Å². The van der Waals surface area contributed by atoms with Gasteiger partial charge in [0.05, 0.1) is 6.61 Å². The number of carbonyl (C=O) groups excluding carboxylic acids is 1. The van der Waals surface area contributed by atoms with E-state index in [1.165, 1.54) is 5.56 Å². The van der Waals surface area contributed by atoms with E-state index in [0.29, 0.717) is 12.2 Å². The highest BCUT2D eigenvalue weighted by molar-refractivity contribution is 5.94. The minimum Gasteiger partial charge on any atom is -0.494 e. The van der Waals surface area contributed by atoms with Crippen molar-refractivity contribution in [1.29, 1.82) is 0 Å². The molecule has 136 valence electrons. The van der Waals surface area contributed by atoms with Crippen LogP contribution >= 0.6 is 0 Å². The Hall–Kier alpha value is -2.59. The van der Waals surface area contributed by atoms with Gasteiger partial charge in [0.25, 0.3) is 5.91 Å². The summed E-state index contributed by atoms with van der Waals surface area (Å²) < 4.78 is 5.50. The summed E-state index contributed by atoms with van der Waals surface area (Å²) >= 11 is 0. The number of ether oxygens (including phenoxy) is 1. The third-order valence-electron chi connectivity index (χ3n) is 4.52. The number of rotatable bonds is 6. The van der Waals surface area contributed by atoms with Crippen molar-refractivity contribution in [2.45, 2.75) is 6.92 Å². The van der Waals surface area contributed by atoms with Gasteiger partial charge in [0.15, 0.2) is 0 Å². The van der Waals surface area contributed by atoms with E-state index in [1.54, 1.807) is 0 Å². The lowest BCUT2D eigenvalue weighted by Crippen LogP contribution is -2.48. The maximum Gasteiger partial charge on any atom is 0.254 e. The van der Waals surface area contributed by atoms with Crippen LogP contribution in [-0.4, -0.2) is 55.0 Å². The van der Waals surface area contributed by atoms with Gasteiger partial charge in [-0.1, -0.05) is 48.6 Å². The monoisotopic (exact) mass is 350 g/mol. The molecule has 26 heavy (non-hydrogen) atoms. The van der Waals surface area contributed by atoms with E-state index < -0.39 is 0 Å². The van der Waals surface area contributed by atoms with Crippen molar-refractivity contribution in [2.75, 3.05) is 39.3 Å². The van der Waals surface area contributed by atoms with Crippen molar-refractivity contribution in [1.82, 2.24) is 9.80 Å². The summed E-state index contributed by atoms with van der Waals surface area (Å²) in [7, 11) is 0. The molecule has 1 aliphatic heterocycles. The first-order valence-electron chi connectivity index (χ1n) is 9.22. The number of benzene rings is 2. The lowest BCUT2D eigenvalue weighted by Gasteiger charge is -2.34. The highest BCUT2D eigenvalue weighted by Crippen LogP contribution is 2.16. The molecule has 0 unspecified atom stereocenters. The van der Waals surface area contributed by atoms with Crippen molar-refractivity contribution in [2.24, 2.45) is 0 Å². The van der Waals surface area contributed by atoms with Gasteiger partial charge in [0, 0.05) is 38.3 Å². The summed E-state index contributed by atoms with van der Waals surface area (Å²) in [6, 6.07) is 17.8. The molecule has 0 spiro atoms. The fourth-order valence-electron chi connectivity index (χ4n) is 3.10. The third-order valence-corrected chi connectivity index (χ3v) is 4.52. The zero-order valence-electron chi connectivity index (χ0n) is 15.3. The average molecular weight is 350 g/mol. The Kier molecular flexibility index (Phi) is 6.45. The molecule has 2 aromatic rings. The van der Waals surface area contributed by atoms with E-state index in [4.69, 9.17) is 4.74 Å². The minimum absolute atomic E-state index is 0.0889. The van der Waals surface area contributed by atoms with Gasteiger partial charge < -0.3 is 9.64 Å². The van der Waals surface area contributed by atoms with Gasteiger partial charge in [-0.2, -0.15) is 0 Å².